The Hall–Kier alpha value is -0.920. The molecule has 3 nitrogen and oxygen atoms in total. The van der Waals surface area contributed by atoms with Gasteiger partial charge in [-0.15, -0.1) is 0 Å². The van der Waals surface area contributed by atoms with Crippen molar-refractivity contribution in [3.05, 3.63) is 27.3 Å². The largest absolute Gasteiger partial charge is 0.465 e. The first-order valence-electron chi connectivity index (χ1n) is 3.55. The maximum atomic E-state index is 13.0. The molecular weight excluding hydrogens is 307 g/mol. The van der Waals surface area contributed by atoms with E-state index in [1.165, 1.54) is 13.1 Å². The molecule has 0 spiro atoms. The molecule has 0 bridgehead atoms. The molecular formula is C8H6F2INO2. The van der Waals surface area contributed by atoms with Gasteiger partial charge in [0.2, 0.25) is 0 Å². The molecule has 76 valence electrons. The number of nitrogens with zero attached hydrogens (tertiary/aromatic N) is 1. The van der Waals surface area contributed by atoms with Crippen molar-refractivity contribution in [2.45, 2.75) is 0 Å². The number of halogens is 3. The third-order valence-electron chi connectivity index (χ3n) is 1.66. The minimum absolute atomic E-state index is 0.0486. The van der Waals surface area contributed by atoms with Crippen LogP contribution in [0.25, 0.3) is 0 Å². The second-order valence-corrected chi connectivity index (χ2v) is 3.61. The molecule has 6 heteroatoms. The molecule has 14 heavy (non-hydrogen) atoms. The highest BCUT2D eigenvalue weighted by atomic mass is 127. The van der Waals surface area contributed by atoms with E-state index in [-0.39, 0.29) is 9.26 Å². The zero-order valence-electron chi connectivity index (χ0n) is 7.09. The Bertz CT molecular complexity index is 384. The van der Waals surface area contributed by atoms with Crippen LogP contribution in [0.3, 0.4) is 0 Å². The standard InChI is InChI=1S/C8H6F2INO2/c1-12(8(13)14)5-3-2-4(9)6(10)7(5)11/h2-3H,1H3,(H,13,14). The minimum atomic E-state index is -1.23. The van der Waals surface area contributed by atoms with E-state index in [1.807, 2.05) is 0 Å². The zero-order chi connectivity index (χ0) is 10.9. The third-order valence-corrected chi connectivity index (χ3v) is 2.69. The van der Waals surface area contributed by atoms with Crippen molar-refractivity contribution >= 4 is 34.4 Å². The lowest BCUT2D eigenvalue weighted by Gasteiger charge is -2.15. The van der Waals surface area contributed by atoms with Crippen molar-refractivity contribution in [1.82, 2.24) is 0 Å². The Kier molecular flexibility index (Phi) is 3.25. The van der Waals surface area contributed by atoms with E-state index in [1.54, 1.807) is 22.6 Å². The van der Waals surface area contributed by atoms with E-state index < -0.39 is 17.7 Å². The summed E-state index contributed by atoms with van der Waals surface area (Å²) in [5, 5.41) is 8.63. The van der Waals surface area contributed by atoms with E-state index in [0.29, 0.717) is 0 Å². The number of amides is 1. The molecule has 1 aromatic carbocycles. The highest BCUT2D eigenvalue weighted by Gasteiger charge is 2.17. The number of hydrogen-bond acceptors (Lipinski definition) is 1. The van der Waals surface area contributed by atoms with Gasteiger partial charge in [-0.3, -0.25) is 4.90 Å². The minimum Gasteiger partial charge on any atom is -0.465 e. The van der Waals surface area contributed by atoms with Gasteiger partial charge in [0.15, 0.2) is 11.6 Å². The van der Waals surface area contributed by atoms with Crippen LogP contribution in [0.1, 0.15) is 0 Å². The molecule has 0 fully saturated rings. The molecule has 1 N–H and O–H groups in total. The van der Waals surface area contributed by atoms with E-state index in [0.717, 1.165) is 11.0 Å². The summed E-state index contributed by atoms with van der Waals surface area (Å²) >= 11 is 1.56. The molecule has 0 saturated heterocycles. The Balaban J connectivity index is 3.24. The normalized spacial score (nSPS) is 10.0. The summed E-state index contributed by atoms with van der Waals surface area (Å²) in [4.78, 5) is 11.4. The lowest BCUT2D eigenvalue weighted by atomic mass is 10.3. The smallest absolute Gasteiger partial charge is 0.411 e. The van der Waals surface area contributed by atoms with Gasteiger partial charge in [0.1, 0.15) is 0 Å². The molecule has 0 unspecified atom stereocenters. The van der Waals surface area contributed by atoms with Crippen molar-refractivity contribution < 1.29 is 18.7 Å². The van der Waals surface area contributed by atoms with Crippen LogP contribution in [-0.2, 0) is 0 Å². The van der Waals surface area contributed by atoms with Crippen molar-refractivity contribution in [3.63, 3.8) is 0 Å². The lowest BCUT2D eigenvalue weighted by Crippen LogP contribution is -2.25. The number of hydrogen-bond donors (Lipinski definition) is 1. The summed E-state index contributed by atoms with van der Waals surface area (Å²) < 4.78 is 25.6. The summed E-state index contributed by atoms with van der Waals surface area (Å²) in [5.41, 5.74) is 0.122. The van der Waals surface area contributed by atoms with Gasteiger partial charge in [-0.05, 0) is 34.7 Å². The topological polar surface area (TPSA) is 40.5 Å². The molecule has 1 rings (SSSR count). The van der Waals surface area contributed by atoms with Crippen LogP contribution in [0.4, 0.5) is 19.3 Å². The monoisotopic (exact) mass is 313 g/mol. The number of benzene rings is 1. The molecule has 0 aliphatic rings. The van der Waals surface area contributed by atoms with Gasteiger partial charge in [-0.2, -0.15) is 0 Å². The molecule has 0 aliphatic heterocycles. The number of carbonyl (C=O) groups is 1. The van der Waals surface area contributed by atoms with Crippen LogP contribution in [-0.4, -0.2) is 18.2 Å². The van der Waals surface area contributed by atoms with Crippen LogP contribution in [0.15, 0.2) is 12.1 Å². The Morgan fingerprint density at radius 2 is 2.07 bits per heavy atom. The van der Waals surface area contributed by atoms with E-state index in [2.05, 4.69) is 0 Å². The van der Waals surface area contributed by atoms with Gasteiger partial charge in [-0.1, -0.05) is 0 Å². The predicted octanol–water partition coefficient (Wildman–Crippen LogP) is 2.68. The van der Waals surface area contributed by atoms with E-state index >= 15 is 0 Å². The summed E-state index contributed by atoms with van der Waals surface area (Å²) in [6.45, 7) is 0. The first-order chi connectivity index (χ1) is 6.45. The quantitative estimate of drug-likeness (QED) is 0.640. The second kappa shape index (κ2) is 4.07. The summed E-state index contributed by atoms with van der Waals surface area (Å²) in [6.07, 6.45) is -1.23. The molecule has 0 atom stereocenters. The van der Waals surface area contributed by atoms with Crippen LogP contribution < -0.4 is 4.90 Å². The van der Waals surface area contributed by atoms with E-state index in [9.17, 15) is 13.6 Å². The lowest BCUT2D eigenvalue weighted by molar-refractivity contribution is 0.203. The van der Waals surface area contributed by atoms with Gasteiger partial charge < -0.3 is 5.11 Å². The molecule has 0 heterocycles. The molecule has 0 radical (unpaired) electrons. The Labute approximate surface area is 92.5 Å². The molecule has 0 saturated carbocycles. The molecule has 0 aromatic heterocycles. The number of anilines is 1. The molecule has 1 aromatic rings. The summed E-state index contributed by atoms with van der Waals surface area (Å²) in [5.74, 6) is -2.02. The summed E-state index contributed by atoms with van der Waals surface area (Å²) in [7, 11) is 1.26. The fourth-order valence-corrected chi connectivity index (χ4v) is 1.68. The highest BCUT2D eigenvalue weighted by molar-refractivity contribution is 14.1. The zero-order valence-corrected chi connectivity index (χ0v) is 9.25. The first kappa shape index (κ1) is 11.2. The van der Waals surface area contributed by atoms with E-state index in [4.69, 9.17) is 5.11 Å². The second-order valence-electron chi connectivity index (χ2n) is 2.54. The van der Waals surface area contributed by atoms with Gasteiger partial charge in [0.25, 0.3) is 0 Å². The van der Waals surface area contributed by atoms with Crippen LogP contribution in [0, 0.1) is 15.2 Å². The fourth-order valence-electron chi connectivity index (χ4n) is 0.878. The van der Waals surface area contributed by atoms with Crippen molar-refractivity contribution in [1.29, 1.82) is 0 Å². The fraction of sp³-hybridized carbons (Fsp3) is 0.125. The average molecular weight is 313 g/mol. The Morgan fingerprint density at radius 3 is 2.57 bits per heavy atom. The van der Waals surface area contributed by atoms with Crippen LogP contribution >= 0.6 is 22.6 Å². The number of rotatable bonds is 1. The highest BCUT2D eigenvalue weighted by Crippen LogP contribution is 2.25. The predicted molar refractivity (Wildman–Crippen MR) is 55.5 cm³/mol. The molecule has 1 amide bonds. The Morgan fingerprint density at radius 1 is 1.50 bits per heavy atom. The SMILES string of the molecule is CN(C(=O)O)c1ccc(F)c(F)c1I. The van der Waals surface area contributed by atoms with Crippen molar-refractivity contribution in [3.8, 4) is 0 Å². The van der Waals surface area contributed by atoms with Gasteiger partial charge in [0.05, 0.1) is 9.26 Å². The first-order valence-corrected chi connectivity index (χ1v) is 4.63. The maximum Gasteiger partial charge on any atom is 0.411 e. The van der Waals surface area contributed by atoms with Crippen molar-refractivity contribution in [2.75, 3.05) is 11.9 Å². The maximum absolute atomic E-state index is 13.0. The molecule has 0 aliphatic carbocycles. The van der Waals surface area contributed by atoms with Crippen LogP contribution in [0.2, 0.25) is 0 Å². The third kappa shape index (κ3) is 1.94. The average Bonchev–Trinajstić information content (AvgIpc) is 2.13. The van der Waals surface area contributed by atoms with Crippen molar-refractivity contribution in [2.24, 2.45) is 0 Å². The van der Waals surface area contributed by atoms with Crippen LogP contribution in [0.5, 0.6) is 0 Å². The summed E-state index contributed by atoms with van der Waals surface area (Å²) in [6, 6.07) is 2.11. The number of carboxylic acid groups (broad SMARTS) is 1. The van der Waals surface area contributed by atoms with Gasteiger partial charge >= 0.3 is 6.09 Å². The van der Waals surface area contributed by atoms with Gasteiger partial charge in [0, 0.05) is 7.05 Å². The van der Waals surface area contributed by atoms with Gasteiger partial charge in [-0.25, -0.2) is 13.6 Å².